The number of benzene rings is 2. The molecule has 2 heteroatoms. The Morgan fingerprint density at radius 1 is 0.447 bits per heavy atom. The van der Waals surface area contributed by atoms with Gasteiger partial charge in [-0.3, -0.25) is 0 Å². The molecule has 3 rings (SSSR count). The Morgan fingerprint density at radius 3 is 1.19 bits per heavy atom. The lowest BCUT2D eigenvalue weighted by Crippen LogP contribution is -2.59. The van der Waals surface area contributed by atoms with Crippen molar-refractivity contribution in [2.75, 3.05) is 13.1 Å². The Kier molecular flexibility index (Phi) is 20.7. The van der Waals surface area contributed by atoms with Crippen LogP contribution in [0.25, 0.3) is 0 Å². The average Bonchev–Trinajstić information content (AvgIpc) is 3.43. The minimum atomic E-state index is -0.0608. The third-order valence-corrected chi connectivity index (χ3v) is 10.9. The molecule has 0 bridgehead atoms. The van der Waals surface area contributed by atoms with Gasteiger partial charge in [0, 0.05) is 37.8 Å². The predicted molar refractivity (Wildman–Crippen MR) is 208 cm³/mol. The van der Waals surface area contributed by atoms with Crippen molar-refractivity contribution in [3.8, 4) is 0 Å². The first-order chi connectivity index (χ1) is 23.3. The Labute approximate surface area is 292 Å². The van der Waals surface area contributed by atoms with Crippen LogP contribution in [-0.2, 0) is 6.42 Å². The number of nitrogens with zero attached hydrogens (tertiary/aromatic N) is 2. The molecule has 1 aliphatic heterocycles. The molecule has 0 aromatic heterocycles. The first kappa shape index (κ1) is 39.2. The second-order valence-corrected chi connectivity index (χ2v) is 14.7. The van der Waals surface area contributed by atoms with Crippen LogP contribution < -0.4 is 0 Å². The van der Waals surface area contributed by atoms with Crippen molar-refractivity contribution in [3.05, 3.63) is 84.2 Å². The van der Waals surface area contributed by atoms with Crippen molar-refractivity contribution in [1.29, 1.82) is 0 Å². The average molecular weight is 643 g/mol. The van der Waals surface area contributed by atoms with E-state index in [1.54, 1.807) is 0 Å². The maximum atomic E-state index is 2.79. The van der Waals surface area contributed by atoms with E-state index in [1.165, 1.54) is 152 Å². The summed E-state index contributed by atoms with van der Waals surface area (Å²) in [5, 5.41) is 0. The number of rotatable bonds is 29. The minimum absolute atomic E-state index is 0.0608. The number of hydrogen-bond donors (Lipinski definition) is 0. The van der Waals surface area contributed by atoms with Crippen molar-refractivity contribution in [2.45, 2.75) is 186 Å². The van der Waals surface area contributed by atoms with Gasteiger partial charge in [0.2, 0.25) is 0 Å². The summed E-state index contributed by atoms with van der Waals surface area (Å²) in [6.07, 6.45) is 37.9. The van der Waals surface area contributed by atoms with Crippen molar-refractivity contribution in [1.82, 2.24) is 9.80 Å². The van der Waals surface area contributed by atoms with E-state index in [0.29, 0.717) is 5.92 Å². The molecule has 0 N–H and O–H groups in total. The minimum Gasteiger partial charge on any atom is -0.353 e. The number of hydrogen-bond acceptors (Lipinski definition) is 2. The van der Waals surface area contributed by atoms with E-state index in [0.717, 1.165) is 25.9 Å². The maximum Gasteiger partial charge on any atom is 0.123 e. The van der Waals surface area contributed by atoms with Gasteiger partial charge in [-0.1, -0.05) is 210 Å². The molecule has 2 aromatic carbocycles. The zero-order valence-electron chi connectivity index (χ0n) is 31.3. The molecule has 1 heterocycles. The fraction of sp³-hybridized carbons (Fsp3) is 0.689. The van der Waals surface area contributed by atoms with Gasteiger partial charge in [0.15, 0.2) is 0 Å². The lowest BCUT2D eigenvalue weighted by molar-refractivity contribution is -0.00378. The molecule has 2 unspecified atom stereocenters. The van der Waals surface area contributed by atoms with Crippen LogP contribution >= 0.6 is 0 Å². The van der Waals surface area contributed by atoms with E-state index in [2.05, 4.69) is 104 Å². The molecule has 0 amide bonds. The molecule has 2 atom stereocenters. The Morgan fingerprint density at radius 2 is 0.809 bits per heavy atom. The van der Waals surface area contributed by atoms with E-state index >= 15 is 0 Å². The van der Waals surface area contributed by atoms with Crippen molar-refractivity contribution in [3.63, 3.8) is 0 Å². The van der Waals surface area contributed by atoms with Gasteiger partial charge in [0.05, 0.1) is 0 Å². The van der Waals surface area contributed by atoms with Crippen LogP contribution in [0.15, 0.2) is 73.1 Å². The van der Waals surface area contributed by atoms with Crippen molar-refractivity contribution in [2.24, 2.45) is 0 Å². The van der Waals surface area contributed by atoms with Gasteiger partial charge in [0.25, 0.3) is 0 Å². The highest BCUT2D eigenvalue weighted by atomic mass is 15.4. The molecule has 0 radical (unpaired) electrons. The third kappa shape index (κ3) is 14.0. The predicted octanol–water partition coefficient (Wildman–Crippen LogP) is 13.8. The standard InChI is InChI=1S/C45H74N2/c1-4-7-9-11-13-15-16-17-18-20-22-24-32-38-47-40-39-46(37-31-23-21-19-14-12-10-8-5-2)45(47,41-42-33-27-25-28-34-42)44(6-3)43-35-29-26-30-36-43/h25-30,33-36,39-40,44H,4-24,31-32,37-38,41H2,1-3H3. The summed E-state index contributed by atoms with van der Waals surface area (Å²) in [6.45, 7) is 9.34. The Bertz CT molecular complexity index is 1020. The van der Waals surface area contributed by atoms with E-state index in [9.17, 15) is 0 Å². The second kappa shape index (κ2) is 24.9. The van der Waals surface area contributed by atoms with E-state index in [-0.39, 0.29) is 5.66 Å². The quantitative estimate of drug-likeness (QED) is 0.0815. The zero-order chi connectivity index (χ0) is 33.3. The lowest BCUT2D eigenvalue weighted by atomic mass is 9.78. The molecule has 0 saturated heterocycles. The zero-order valence-corrected chi connectivity index (χ0v) is 31.3. The van der Waals surface area contributed by atoms with Crippen LogP contribution in [0.1, 0.15) is 185 Å². The Balaban J connectivity index is 1.61. The first-order valence-electron chi connectivity index (χ1n) is 20.6. The molecule has 0 fully saturated rings. The van der Waals surface area contributed by atoms with E-state index in [1.807, 2.05) is 0 Å². The topological polar surface area (TPSA) is 6.48 Å². The second-order valence-electron chi connectivity index (χ2n) is 14.7. The van der Waals surface area contributed by atoms with Crippen LogP contribution in [0, 0.1) is 0 Å². The smallest absolute Gasteiger partial charge is 0.123 e. The van der Waals surface area contributed by atoms with Crippen molar-refractivity contribution < 1.29 is 0 Å². The molecule has 0 aliphatic carbocycles. The van der Waals surface area contributed by atoms with Gasteiger partial charge in [-0.2, -0.15) is 0 Å². The highest BCUT2D eigenvalue weighted by molar-refractivity contribution is 5.30. The van der Waals surface area contributed by atoms with Crippen LogP contribution in [-0.4, -0.2) is 28.6 Å². The fourth-order valence-corrected chi connectivity index (χ4v) is 8.15. The molecule has 2 nitrogen and oxygen atoms in total. The van der Waals surface area contributed by atoms with Gasteiger partial charge in [-0.05, 0) is 30.4 Å². The molecule has 0 spiro atoms. The SMILES string of the molecule is CCCCCCCCCCCCCCCN1C=CN(CCCCCCCCCCC)C1(Cc1ccccc1)C(CC)c1ccccc1. The molecule has 0 saturated carbocycles. The maximum absolute atomic E-state index is 2.79. The first-order valence-corrected chi connectivity index (χ1v) is 20.6. The molecule has 47 heavy (non-hydrogen) atoms. The van der Waals surface area contributed by atoms with Gasteiger partial charge in [-0.15, -0.1) is 0 Å². The molecule has 1 aliphatic rings. The number of unbranched alkanes of at least 4 members (excludes halogenated alkanes) is 20. The normalized spacial score (nSPS) is 16.7. The Hall–Kier alpha value is -2.22. The molecule has 2 aromatic rings. The van der Waals surface area contributed by atoms with Crippen LogP contribution in [0.4, 0.5) is 0 Å². The summed E-state index contributed by atoms with van der Waals surface area (Å²) in [5.74, 6) is 0.444. The van der Waals surface area contributed by atoms with Gasteiger partial charge >= 0.3 is 0 Å². The van der Waals surface area contributed by atoms with Crippen LogP contribution in [0.2, 0.25) is 0 Å². The van der Waals surface area contributed by atoms with E-state index in [4.69, 9.17) is 0 Å². The largest absolute Gasteiger partial charge is 0.353 e. The van der Waals surface area contributed by atoms with Gasteiger partial charge in [-0.25, -0.2) is 0 Å². The molecular weight excluding hydrogens is 569 g/mol. The van der Waals surface area contributed by atoms with Crippen LogP contribution in [0.3, 0.4) is 0 Å². The summed E-state index contributed by atoms with van der Waals surface area (Å²) in [6, 6.07) is 22.8. The highest BCUT2D eigenvalue weighted by Crippen LogP contribution is 2.45. The van der Waals surface area contributed by atoms with Gasteiger partial charge < -0.3 is 9.80 Å². The lowest BCUT2D eigenvalue weighted by Gasteiger charge is -2.51. The summed E-state index contributed by atoms with van der Waals surface area (Å²) in [5.41, 5.74) is 2.88. The third-order valence-electron chi connectivity index (χ3n) is 10.9. The highest BCUT2D eigenvalue weighted by Gasteiger charge is 2.49. The summed E-state index contributed by atoms with van der Waals surface area (Å²) < 4.78 is 0. The molecule has 264 valence electrons. The molecular formula is C45H74N2. The monoisotopic (exact) mass is 643 g/mol. The summed E-state index contributed by atoms with van der Waals surface area (Å²) >= 11 is 0. The summed E-state index contributed by atoms with van der Waals surface area (Å²) in [4.78, 5) is 5.57. The fourth-order valence-electron chi connectivity index (χ4n) is 8.15. The summed E-state index contributed by atoms with van der Waals surface area (Å²) in [7, 11) is 0. The van der Waals surface area contributed by atoms with E-state index < -0.39 is 0 Å². The van der Waals surface area contributed by atoms with Gasteiger partial charge in [0.1, 0.15) is 5.66 Å². The van der Waals surface area contributed by atoms with Crippen LogP contribution in [0.5, 0.6) is 0 Å². The van der Waals surface area contributed by atoms with Crippen molar-refractivity contribution >= 4 is 0 Å².